The Morgan fingerprint density at radius 2 is 1.93 bits per heavy atom. The highest BCUT2D eigenvalue weighted by Gasteiger charge is 2.22. The molecule has 0 amide bonds. The van der Waals surface area contributed by atoms with Crippen LogP contribution < -0.4 is 0 Å². The van der Waals surface area contributed by atoms with Gasteiger partial charge < -0.3 is 0 Å². The van der Waals surface area contributed by atoms with E-state index in [2.05, 4.69) is 19.9 Å². The van der Waals surface area contributed by atoms with Crippen LogP contribution in [0.25, 0.3) is 5.57 Å². The summed E-state index contributed by atoms with van der Waals surface area (Å²) in [7, 11) is 0. The average molecular weight is 204 g/mol. The van der Waals surface area contributed by atoms with E-state index in [-0.39, 0.29) is 5.82 Å². The van der Waals surface area contributed by atoms with Crippen molar-refractivity contribution in [1.82, 2.24) is 0 Å². The van der Waals surface area contributed by atoms with Crippen molar-refractivity contribution < 1.29 is 4.39 Å². The summed E-state index contributed by atoms with van der Waals surface area (Å²) >= 11 is 0. The zero-order valence-corrected chi connectivity index (χ0v) is 9.39. The second-order valence-corrected chi connectivity index (χ2v) is 5.08. The molecule has 0 aliphatic heterocycles. The van der Waals surface area contributed by atoms with Gasteiger partial charge in [-0.3, -0.25) is 0 Å². The highest BCUT2D eigenvalue weighted by molar-refractivity contribution is 5.66. The fourth-order valence-corrected chi connectivity index (χ4v) is 2.04. The van der Waals surface area contributed by atoms with Crippen LogP contribution in [0.4, 0.5) is 4.39 Å². The smallest absolute Gasteiger partial charge is 0.130 e. The first-order valence-electron chi connectivity index (χ1n) is 5.52. The van der Waals surface area contributed by atoms with E-state index in [0.717, 1.165) is 24.8 Å². The molecule has 0 heterocycles. The molecule has 1 aliphatic rings. The summed E-state index contributed by atoms with van der Waals surface area (Å²) in [5.41, 5.74) is 2.34. The molecule has 1 aromatic carbocycles. The van der Waals surface area contributed by atoms with Crippen LogP contribution in [-0.4, -0.2) is 0 Å². The van der Waals surface area contributed by atoms with E-state index < -0.39 is 0 Å². The third kappa shape index (κ3) is 2.28. The minimum Gasteiger partial charge on any atom is -0.206 e. The first kappa shape index (κ1) is 10.4. The third-order valence-corrected chi connectivity index (χ3v) is 3.19. The number of halogens is 1. The summed E-state index contributed by atoms with van der Waals surface area (Å²) in [4.78, 5) is 0. The molecule has 0 aromatic heterocycles. The Kier molecular flexibility index (Phi) is 2.64. The van der Waals surface area contributed by atoms with Crippen LogP contribution in [-0.2, 0) is 0 Å². The van der Waals surface area contributed by atoms with Crippen molar-refractivity contribution in [2.45, 2.75) is 33.1 Å². The van der Waals surface area contributed by atoms with Gasteiger partial charge in [0.2, 0.25) is 0 Å². The molecule has 1 aromatic rings. The number of hydrogen-bond acceptors (Lipinski definition) is 0. The lowest BCUT2D eigenvalue weighted by atomic mass is 9.77. The van der Waals surface area contributed by atoms with Gasteiger partial charge >= 0.3 is 0 Å². The standard InChI is InChI=1S/C14H17F/c1-14(2)9-7-11(8-10-14)12-5-3-4-6-13(12)15/h3-7H,8-10H2,1-2H3. The van der Waals surface area contributed by atoms with Gasteiger partial charge in [-0.1, -0.05) is 38.1 Å². The fraction of sp³-hybridized carbons (Fsp3) is 0.429. The van der Waals surface area contributed by atoms with Gasteiger partial charge in [0.1, 0.15) is 5.82 Å². The van der Waals surface area contributed by atoms with Gasteiger partial charge in [-0.05, 0) is 36.3 Å². The Morgan fingerprint density at radius 3 is 2.53 bits per heavy atom. The Labute approximate surface area is 90.8 Å². The summed E-state index contributed by atoms with van der Waals surface area (Å²) < 4.78 is 13.5. The predicted octanol–water partition coefficient (Wildman–Crippen LogP) is 4.42. The van der Waals surface area contributed by atoms with Crippen LogP contribution >= 0.6 is 0 Å². The molecular formula is C14H17F. The molecule has 15 heavy (non-hydrogen) atoms. The monoisotopic (exact) mass is 204 g/mol. The lowest BCUT2D eigenvalue weighted by Gasteiger charge is -2.28. The van der Waals surface area contributed by atoms with Crippen molar-refractivity contribution in [2.24, 2.45) is 5.41 Å². The molecule has 0 atom stereocenters. The maximum absolute atomic E-state index is 13.5. The molecule has 0 fully saturated rings. The summed E-state index contributed by atoms with van der Waals surface area (Å²) in [5, 5.41) is 0. The van der Waals surface area contributed by atoms with E-state index in [1.165, 1.54) is 11.6 Å². The van der Waals surface area contributed by atoms with Gasteiger partial charge in [0, 0.05) is 5.56 Å². The van der Waals surface area contributed by atoms with Gasteiger partial charge in [0.05, 0.1) is 0 Å². The van der Waals surface area contributed by atoms with E-state index >= 15 is 0 Å². The second-order valence-electron chi connectivity index (χ2n) is 5.08. The van der Waals surface area contributed by atoms with Crippen molar-refractivity contribution in [1.29, 1.82) is 0 Å². The topological polar surface area (TPSA) is 0 Å². The number of allylic oxidation sites excluding steroid dienone is 2. The molecule has 0 radical (unpaired) electrons. The number of rotatable bonds is 1. The van der Waals surface area contributed by atoms with Gasteiger partial charge in [0.25, 0.3) is 0 Å². The van der Waals surface area contributed by atoms with Crippen LogP contribution in [0, 0.1) is 11.2 Å². The second kappa shape index (κ2) is 3.80. The van der Waals surface area contributed by atoms with E-state index in [1.807, 2.05) is 12.1 Å². The lowest BCUT2D eigenvalue weighted by Crippen LogP contribution is -2.14. The van der Waals surface area contributed by atoms with Crippen LogP contribution in [0.5, 0.6) is 0 Å². The summed E-state index contributed by atoms with van der Waals surface area (Å²) in [6.45, 7) is 4.53. The van der Waals surface area contributed by atoms with Crippen molar-refractivity contribution in [3.63, 3.8) is 0 Å². The summed E-state index contributed by atoms with van der Waals surface area (Å²) in [6.07, 6.45) is 5.39. The van der Waals surface area contributed by atoms with Crippen LogP contribution in [0.2, 0.25) is 0 Å². The number of hydrogen-bond donors (Lipinski definition) is 0. The van der Waals surface area contributed by atoms with Crippen molar-refractivity contribution in [2.75, 3.05) is 0 Å². The predicted molar refractivity (Wildman–Crippen MR) is 62.0 cm³/mol. The molecular weight excluding hydrogens is 187 g/mol. The Morgan fingerprint density at radius 1 is 1.20 bits per heavy atom. The largest absolute Gasteiger partial charge is 0.206 e. The maximum atomic E-state index is 13.5. The lowest BCUT2D eigenvalue weighted by molar-refractivity contribution is 0.334. The SMILES string of the molecule is CC1(C)CC=C(c2ccccc2F)CC1. The molecule has 0 saturated heterocycles. The molecule has 0 bridgehead atoms. The quantitative estimate of drug-likeness (QED) is 0.635. The molecule has 1 heteroatoms. The van der Waals surface area contributed by atoms with E-state index in [4.69, 9.17) is 0 Å². The van der Waals surface area contributed by atoms with Crippen molar-refractivity contribution in [3.8, 4) is 0 Å². The molecule has 80 valence electrons. The fourth-order valence-electron chi connectivity index (χ4n) is 2.04. The van der Waals surface area contributed by atoms with Gasteiger partial charge in [-0.15, -0.1) is 0 Å². The zero-order chi connectivity index (χ0) is 10.9. The molecule has 2 rings (SSSR count). The summed E-state index contributed by atoms with van der Waals surface area (Å²) in [6, 6.07) is 7.06. The molecule has 0 nitrogen and oxygen atoms in total. The third-order valence-electron chi connectivity index (χ3n) is 3.19. The minimum atomic E-state index is -0.0940. The Bertz CT molecular complexity index is 388. The Balaban J connectivity index is 2.27. The highest BCUT2D eigenvalue weighted by Crippen LogP contribution is 2.38. The highest BCUT2D eigenvalue weighted by atomic mass is 19.1. The van der Waals surface area contributed by atoms with Crippen LogP contribution in [0.15, 0.2) is 30.3 Å². The first-order chi connectivity index (χ1) is 7.08. The van der Waals surface area contributed by atoms with Crippen LogP contribution in [0.1, 0.15) is 38.7 Å². The molecule has 0 spiro atoms. The van der Waals surface area contributed by atoms with E-state index in [9.17, 15) is 4.39 Å². The van der Waals surface area contributed by atoms with Gasteiger partial charge in [-0.25, -0.2) is 4.39 Å². The Hall–Kier alpha value is -1.11. The molecule has 0 N–H and O–H groups in total. The maximum Gasteiger partial charge on any atom is 0.130 e. The normalized spacial score (nSPS) is 19.8. The first-order valence-corrected chi connectivity index (χ1v) is 5.52. The van der Waals surface area contributed by atoms with Crippen molar-refractivity contribution in [3.05, 3.63) is 41.7 Å². The van der Waals surface area contributed by atoms with Crippen LogP contribution in [0.3, 0.4) is 0 Å². The minimum absolute atomic E-state index is 0.0940. The number of benzene rings is 1. The van der Waals surface area contributed by atoms with Gasteiger partial charge in [0.15, 0.2) is 0 Å². The van der Waals surface area contributed by atoms with Gasteiger partial charge in [-0.2, -0.15) is 0 Å². The zero-order valence-electron chi connectivity index (χ0n) is 9.39. The molecule has 1 aliphatic carbocycles. The molecule has 0 saturated carbocycles. The van der Waals surface area contributed by atoms with E-state index in [0.29, 0.717) is 5.41 Å². The summed E-state index contributed by atoms with van der Waals surface area (Å²) in [5.74, 6) is -0.0940. The molecule has 0 unspecified atom stereocenters. The van der Waals surface area contributed by atoms with Crippen molar-refractivity contribution >= 4 is 5.57 Å². The average Bonchev–Trinajstić information content (AvgIpc) is 2.19. The van der Waals surface area contributed by atoms with E-state index in [1.54, 1.807) is 6.07 Å².